The number of halogens is 2. The van der Waals surface area contributed by atoms with E-state index in [2.05, 4.69) is 10.6 Å². The molecule has 1 aromatic carbocycles. The van der Waals surface area contributed by atoms with Crippen LogP contribution in [0.5, 0.6) is 0 Å². The first-order chi connectivity index (χ1) is 13.0. The van der Waals surface area contributed by atoms with Crippen LogP contribution in [-0.2, 0) is 16.0 Å². The number of rotatable bonds is 8. The normalized spacial score (nSPS) is 16.1. The first-order valence-corrected chi connectivity index (χ1v) is 9.30. The second kappa shape index (κ2) is 10.6. The lowest BCUT2D eigenvalue weighted by atomic mass is 10.0. The van der Waals surface area contributed by atoms with Crippen LogP contribution in [0.15, 0.2) is 42.5 Å². The van der Waals surface area contributed by atoms with Gasteiger partial charge in [0.15, 0.2) is 0 Å². The SMILES string of the molecule is C/C=C/CNC(=O)C(Cc1cc(F)cc(F)c1)NC(=O)/C=C/C1CCCC1. The third-order valence-corrected chi connectivity index (χ3v) is 4.54. The highest BCUT2D eigenvalue weighted by Crippen LogP contribution is 2.25. The summed E-state index contributed by atoms with van der Waals surface area (Å²) >= 11 is 0. The topological polar surface area (TPSA) is 58.2 Å². The highest BCUT2D eigenvalue weighted by molar-refractivity contribution is 5.93. The molecule has 1 fully saturated rings. The fourth-order valence-corrected chi connectivity index (χ4v) is 3.17. The Morgan fingerprint density at radius 2 is 1.85 bits per heavy atom. The molecule has 146 valence electrons. The fourth-order valence-electron chi connectivity index (χ4n) is 3.17. The summed E-state index contributed by atoms with van der Waals surface area (Å²) in [5.41, 5.74) is 0.304. The molecule has 2 rings (SSSR count). The van der Waals surface area contributed by atoms with Crippen LogP contribution in [0, 0.1) is 17.6 Å². The van der Waals surface area contributed by atoms with Crippen LogP contribution < -0.4 is 10.6 Å². The molecule has 0 aliphatic heterocycles. The molecule has 6 heteroatoms. The Bertz CT molecular complexity index is 690. The van der Waals surface area contributed by atoms with Crippen molar-refractivity contribution < 1.29 is 18.4 Å². The second-order valence-corrected chi connectivity index (χ2v) is 6.76. The van der Waals surface area contributed by atoms with Gasteiger partial charge in [-0.05, 0) is 49.5 Å². The first-order valence-electron chi connectivity index (χ1n) is 9.30. The smallest absolute Gasteiger partial charge is 0.244 e. The van der Waals surface area contributed by atoms with Gasteiger partial charge in [0.05, 0.1) is 0 Å². The lowest BCUT2D eigenvalue weighted by Gasteiger charge is -2.18. The van der Waals surface area contributed by atoms with Crippen LogP contribution in [0.25, 0.3) is 0 Å². The maximum atomic E-state index is 13.4. The van der Waals surface area contributed by atoms with E-state index < -0.39 is 23.6 Å². The van der Waals surface area contributed by atoms with Gasteiger partial charge in [-0.1, -0.05) is 31.1 Å². The monoisotopic (exact) mass is 376 g/mol. The van der Waals surface area contributed by atoms with Crippen LogP contribution in [-0.4, -0.2) is 24.4 Å². The molecule has 4 nitrogen and oxygen atoms in total. The predicted octanol–water partition coefficient (Wildman–Crippen LogP) is 3.43. The second-order valence-electron chi connectivity index (χ2n) is 6.76. The molecule has 1 unspecified atom stereocenters. The summed E-state index contributed by atoms with van der Waals surface area (Å²) in [5, 5.41) is 5.33. The van der Waals surface area contributed by atoms with Crippen LogP contribution in [0.1, 0.15) is 38.2 Å². The Hall–Kier alpha value is -2.50. The quantitative estimate of drug-likeness (QED) is 0.539. The van der Waals surface area contributed by atoms with Gasteiger partial charge in [-0.2, -0.15) is 0 Å². The number of hydrogen-bond acceptors (Lipinski definition) is 2. The Morgan fingerprint density at radius 1 is 1.19 bits per heavy atom. The van der Waals surface area contributed by atoms with E-state index in [1.54, 1.807) is 12.2 Å². The third kappa shape index (κ3) is 7.33. The number of carbonyl (C=O) groups excluding carboxylic acids is 2. The molecule has 1 saturated carbocycles. The van der Waals surface area contributed by atoms with Gasteiger partial charge < -0.3 is 10.6 Å². The van der Waals surface area contributed by atoms with Crippen molar-refractivity contribution in [3.63, 3.8) is 0 Å². The number of amides is 2. The summed E-state index contributed by atoms with van der Waals surface area (Å²) in [6.45, 7) is 2.14. The molecular weight excluding hydrogens is 350 g/mol. The van der Waals surface area contributed by atoms with Gasteiger partial charge in [-0.3, -0.25) is 9.59 Å². The molecule has 2 N–H and O–H groups in total. The lowest BCUT2D eigenvalue weighted by molar-refractivity contribution is -0.126. The van der Waals surface area contributed by atoms with Crippen molar-refractivity contribution >= 4 is 11.8 Å². The molecule has 0 spiro atoms. The summed E-state index contributed by atoms with van der Waals surface area (Å²) in [4.78, 5) is 24.6. The number of nitrogens with one attached hydrogen (secondary N) is 2. The zero-order valence-electron chi connectivity index (χ0n) is 15.5. The molecule has 0 radical (unpaired) electrons. The van der Waals surface area contributed by atoms with Crippen molar-refractivity contribution in [1.82, 2.24) is 10.6 Å². The molecule has 0 heterocycles. The van der Waals surface area contributed by atoms with E-state index in [0.29, 0.717) is 18.0 Å². The van der Waals surface area contributed by atoms with Gasteiger partial charge in [0.1, 0.15) is 17.7 Å². The number of carbonyl (C=O) groups is 2. The van der Waals surface area contributed by atoms with Crippen LogP contribution in [0.4, 0.5) is 8.78 Å². The van der Waals surface area contributed by atoms with Crippen molar-refractivity contribution in [3.8, 4) is 0 Å². The minimum atomic E-state index is -0.919. The first kappa shape index (κ1) is 20.8. The van der Waals surface area contributed by atoms with Crippen molar-refractivity contribution in [3.05, 3.63) is 59.7 Å². The van der Waals surface area contributed by atoms with E-state index in [0.717, 1.165) is 43.9 Å². The van der Waals surface area contributed by atoms with Gasteiger partial charge >= 0.3 is 0 Å². The van der Waals surface area contributed by atoms with Crippen LogP contribution in [0.2, 0.25) is 0 Å². The summed E-state index contributed by atoms with van der Waals surface area (Å²) < 4.78 is 26.9. The summed E-state index contributed by atoms with van der Waals surface area (Å²) in [5.74, 6) is -1.82. The van der Waals surface area contributed by atoms with Gasteiger partial charge in [0, 0.05) is 19.0 Å². The molecule has 27 heavy (non-hydrogen) atoms. The summed E-state index contributed by atoms with van der Waals surface area (Å²) in [6, 6.07) is 2.18. The van der Waals surface area contributed by atoms with E-state index in [-0.39, 0.29) is 12.3 Å². The van der Waals surface area contributed by atoms with E-state index in [1.807, 2.05) is 13.0 Å². The highest BCUT2D eigenvalue weighted by Gasteiger charge is 2.21. The van der Waals surface area contributed by atoms with Gasteiger partial charge in [-0.25, -0.2) is 8.78 Å². The standard InChI is InChI=1S/C21H26F2N2O2/c1-2-3-10-24-21(27)19(13-16-11-17(22)14-18(23)12-16)25-20(26)9-8-15-6-4-5-7-15/h2-3,8-9,11-12,14-15,19H,4-7,10,13H2,1H3,(H,24,27)(H,25,26)/b3-2+,9-8+. The molecule has 0 saturated heterocycles. The van der Waals surface area contributed by atoms with E-state index >= 15 is 0 Å². The molecule has 0 aromatic heterocycles. The lowest BCUT2D eigenvalue weighted by Crippen LogP contribution is -2.47. The molecule has 1 aliphatic carbocycles. The molecule has 1 aromatic rings. The van der Waals surface area contributed by atoms with E-state index in [9.17, 15) is 18.4 Å². The molecule has 1 aliphatic rings. The minimum Gasteiger partial charge on any atom is -0.351 e. The summed E-state index contributed by atoms with van der Waals surface area (Å²) in [7, 11) is 0. The van der Waals surface area contributed by atoms with Crippen LogP contribution >= 0.6 is 0 Å². The molecule has 2 amide bonds. The average Bonchev–Trinajstić information content (AvgIpc) is 3.12. The largest absolute Gasteiger partial charge is 0.351 e. The minimum absolute atomic E-state index is 0.000634. The Morgan fingerprint density at radius 3 is 2.48 bits per heavy atom. The molecule has 1 atom stereocenters. The number of benzene rings is 1. The Balaban J connectivity index is 2.05. The van der Waals surface area contributed by atoms with Gasteiger partial charge in [-0.15, -0.1) is 0 Å². The van der Waals surface area contributed by atoms with Crippen molar-refractivity contribution in [1.29, 1.82) is 0 Å². The third-order valence-electron chi connectivity index (χ3n) is 4.54. The fraction of sp³-hybridized carbons (Fsp3) is 0.429. The Kier molecular flexibility index (Phi) is 8.17. The number of allylic oxidation sites excluding steroid dienone is 2. The van der Waals surface area contributed by atoms with Crippen molar-refractivity contribution in [2.75, 3.05) is 6.54 Å². The number of hydrogen-bond donors (Lipinski definition) is 2. The van der Waals surface area contributed by atoms with Crippen molar-refractivity contribution in [2.24, 2.45) is 5.92 Å². The average molecular weight is 376 g/mol. The summed E-state index contributed by atoms with van der Waals surface area (Å²) in [6.07, 6.45) is 11.3. The van der Waals surface area contributed by atoms with Crippen LogP contribution in [0.3, 0.4) is 0 Å². The van der Waals surface area contributed by atoms with Gasteiger partial charge in [0.25, 0.3) is 0 Å². The molecule has 0 bridgehead atoms. The zero-order chi connectivity index (χ0) is 19.6. The maximum Gasteiger partial charge on any atom is 0.244 e. The van der Waals surface area contributed by atoms with Crippen molar-refractivity contribution in [2.45, 2.75) is 45.1 Å². The Labute approximate surface area is 158 Å². The molecular formula is C21H26F2N2O2. The zero-order valence-corrected chi connectivity index (χ0v) is 15.5. The van der Waals surface area contributed by atoms with E-state index in [1.165, 1.54) is 6.08 Å². The van der Waals surface area contributed by atoms with E-state index in [4.69, 9.17) is 0 Å². The predicted molar refractivity (Wildman–Crippen MR) is 101 cm³/mol. The van der Waals surface area contributed by atoms with Gasteiger partial charge in [0.2, 0.25) is 11.8 Å². The maximum absolute atomic E-state index is 13.4. The highest BCUT2D eigenvalue weighted by atomic mass is 19.1.